The van der Waals surface area contributed by atoms with Gasteiger partial charge in [0.1, 0.15) is 0 Å². The highest BCUT2D eigenvalue weighted by Crippen LogP contribution is 2.38. The highest BCUT2D eigenvalue weighted by Gasteiger charge is 2.40. The van der Waals surface area contributed by atoms with E-state index in [1.807, 2.05) is 30.3 Å². The number of methoxy groups -OCH3 is 3. The molecule has 1 heterocycles. The summed E-state index contributed by atoms with van der Waals surface area (Å²) in [7, 11) is 4.34. The Morgan fingerprint density at radius 2 is 1.58 bits per heavy atom. The van der Waals surface area contributed by atoms with Crippen LogP contribution in [0.25, 0.3) is 0 Å². The van der Waals surface area contributed by atoms with Gasteiger partial charge in [-0.05, 0) is 43.4 Å². The Morgan fingerprint density at radius 3 is 2.10 bits per heavy atom. The van der Waals surface area contributed by atoms with E-state index in [1.165, 1.54) is 45.3 Å². The zero-order valence-corrected chi connectivity index (χ0v) is 18.2. The van der Waals surface area contributed by atoms with Gasteiger partial charge >= 0.3 is 0 Å². The highest BCUT2D eigenvalue weighted by atomic mass is 16.5. The van der Waals surface area contributed by atoms with Crippen molar-refractivity contribution in [2.24, 2.45) is 5.92 Å². The standard InChI is InChI=1S/C24H27NO6/c1-15(26)19-11-17(10-16-8-6-5-7-9-16)14-25(19)24(28)22(27)18-12-20(29-2)23(31-4)21(13-18)30-3/h5-9,12-13,17,19H,10-11,14H2,1-4H3/t17-,19?/m1/s1. The second-order valence-electron chi connectivity index (χ2n) is 7.62. The summed E-state index contributed by atoms with van der Waals surface area (Å²) in [5.74, 6) is -0.542. The first-order valence-electron chi connectivity index (χ1n) is 10.1. The number of ether oxygens (including phenoxy) is 3. The summed E-state index contributed by atoms with van der Waals surface area (Å²) in [5.41, 5.74) is 1.26. The maximum Gasteiger partial charge on any atom is 0.295 e. The zero-order chi connectivity index (χ0) is 22.5. The third kappa shape index (κ3) is 4.71. The van der Waals surface area contributed by atoms with E-state index in [2.05, 4.69) is 0 Å². The summed E-state index contributed by atoms with van der Waals surface area (Å²) in [6.07, 6.45) is 1.28. The normalized spacial score (nSPS) is 17.9. The fourth-order valence-corrected chi connectivity index (χ4v) is 4.09. The molecular formula is C24H27NO6. The van der Waals surface area contributed by atoms with Gasteiger partial charge in [-0.25, -0.2) is 0 Å². The Labute approximate surface area is 181 Å². The van der Waals surface area contributed by atoms with E-state index in [0.717, 1.165) is 12.0 Å². The number of carbonyl (C=O) groups is 3. The fraction of sp³-hybridized carbons (Fsp3) is 0.375. The Balaban J connectivity index is 1.84. The number of nitrogens with zero attached hydrogens (tertiary/aromatic N) is 1. The molecule has 0 spiro atoms. The fourth-order valence-electron chi connectivity index (χ4n) is 4.09. The summed E-state index contributed by atoms with van der Waals surface area (Å²) < 4.78 is 15.8. The van der Waals surface area contributed by atoms with Crippen LogP contribution < -0.4 is 14.2 Å². The van der Waals surface area contributed by atoms with Crippen LogP contribution in [-0.2, 0) is 16.0 Å². The van der Waals surface area contributed by atoms with Gasteiger partial charge in [-0.15, -0.1) is 0 Å². The Hall–Kier alpha value is -3.35. The molecule has 7 heteroatoms. The topological polar surface area (TPSA) is 82.1 Å². The van der Waals surface area contributed by atoms with Gasteiger partial charge in [-0.2, -0.15) is 0 Å². The number of Topliss-reactive ketones (excluding diaryl/α,β-unsaturated/α-hetero) is 2. The molecule has 0 radical (unpaired) electrons. The van der Waals surface area contributed by atoms with Crippen molar-refractivity contribution in [2.45, 2.75) is 25.8 Å². The van der Waals surface area contributed by atoms with Crippen LogP contribution in [0.4, 0.5) is 0 Å². The second-order valence-corrected chi connectivity index (χ2v) is 7.62. The van der Waals surface area contributed by atoms with Crippen molar-refractivity contribution in [3.63, 3.8) is 0 Å². The number of benzene rings is 2. The third-order valence-corrected chi connectivity index (χ3v) is 5.61. The molecule has 7 nitrogen and oxygen atoms in total. The van der Waals surface area contributed by atoms with Gasteiger partial charge in [0.25, 0.3) is 11.7 Å². The molecule has 1 fully saturated rings. The van der Waals surface area contributed by atoms with Crippen LogP contribution in [0.15, 0.2) is 42.5 Å². The number of carbonyl (C=O) groups excluding carboxylic acids is 3. The Kier molecular flexibility index (Phi) is 6.95. The minimum Gasteiger partial charge on any atom is -0.493 e. The van der Waals surface area contributed by atoms with Gasteiger partial charge in [-0.1, -0.05) is 30.3 Å². The molecule has 1 aliphatic heterocycles. The molecule has 1 aliphatic rings. The van der Waals surface area contributed by atoms with Crippen molar-refractivity contribution < 1.29 is 28.6 Å². The number of hydrogen-bond donors (Lipinski definition) is 0. The first kappa shape index (κ1) is 22.3. The molecule has 0 N–H and O–H groups in total. The van der Waals surface area contributed by atoms with Crippen LogP contribution >= 0.6 is 0 Å². The maximum atomic E-state index is 13.1. The monoisotopic (exact) mass is 425 g/mol. The van der Waals surface area contributed by atoms with E-state index in [-0.39, 0.29) is 28.8 Å². The second kappa shape index (κ2) is 9.64. The third-order valence-electron chi connectivity index (χ3n) is 5.61. The van der Waals surface area contributed by atoms with E-state index < -0.39 is 17.7 Å². The lowest BCUT2D eigenvalue weighted by Crippen LogP contribution is -2.43. The maximum absolute atomic E-state index is 13.1. The van der Waals surface area contributed by atoms with Gasteiger partial charge < -0.3 is 19.1 Å². The predicted octanol–water partition coefficient (Wildman–Crippen LogP) is 2.94. The van der Waals surface area contributed by atoms with Gasteiger partial charge in [-0.3, -0.25) is 14.4 Å². The van der Waals surface area contributed by atoms with Crippen molar-refractivity contribution in [2.75, 3.05) is 27.9 Å². The summed E-state index contributed by atoms with van der Waals surface area (Å²) >= 11 is 0. The minimum atomic E-state index is -0.717. The van der Waals surface area contributed by atoms with Gasteiger partial charge in [0.2, 0.25) is 5.75 Å². The van der Waals surface area contributed by atoms with E-state index >= 15 is 0 Å². The first-order chi connectivity index (χ1) is 14.9. The van der Waals surface area contributed by atoms with E-state index in [4.69, 9.17) is 14.2 Å². The summed E-state index contributed by atoms with van der Waals surface area (Å²) in [4.78, 5) is 39.8. The average molecular weight is 425 g/mol. The molecule has 2 atom stereocenters. The SMILES string of the molecule is COc1cc(C(=O)C(=O)N2C[C@H](Cc3ccccc3)CC2C(C)=O)cc(OC)c1OC. The minimum absolute atomic E-state index is 0.105. The molecule has 164 valence electrons. The van der Waals surface area contributed by atoms with Crippen molar-refractivity contribution >= 4 is 17.5 Å². The van der Waals surface area contributed by atoms with Crippen molar-refractivity contribution in [3.05, 3.63) is 53.6 Å². The first-order valence-corrected chi connectivity index (χ1v) is 10.1. The number of hydrogen-bond acceptors (Lipinski definition) is 6. The van der Waals surface area contributed by atoms with Gasteiger partial charge in [0.15, 0.2) is 17.3 Å². The smallest absolute Gasteiger partial charge is 0.295 e. The van der Waals surface area contributed by atoms with Crippen LogP contribution in [-0.4, -0.2) is 56.3 Å². The number of likely N-dealkylation sites (tertiary alicyclic amines) is 1. The lowest BCUT2D eigenvalue weighted by molar-refractivity contribution is -0.133. The molecule has 31 heavy (non-hydrogen) atoms. The summed E-state index contributed by atoms with van der Waals surface area (Å²) in [5, 5.41) is 0. The van der Waals surface area contributed by atoms with Crippen molar-refractivity contribution in [1.29, 1.82) is 0 Å². The molecule has 1 saturated heterocycles. The molecule has 2 aromatic rings. The number of amides is 1. The lowest BCUT2D eigenvalue weighted by atomic mass is 9.96. The van der Waals surface area contributed by atoms with Crippen molar-refractivity contribution in [1.82, 2.24) is 4.90 Å². The molecule has 0 bridgehead atoms. The summed E-state index contributed by atoms with van der Waals surface area (Å²) in [6.45, 7) is 1.81. The van der Waals surface area contributed by atoms with Crippen LogP contribution in [0.2, 0.25) is 0 Å². The molecule has 1 unspecified atom stereocenters. The molecule has 2 aromatic carbocycles. The van der Waals surface area contributed by atoms with E-state index in [9.17, 15) is 14.4 Å². The van der Waals surface area contributed by atoms with Crippen LogP contribution in [0.5, 0.6) is 17.2 Å². The molecule has 3 rings (SSSR count). The predicted molar refractivity (Wildman–Crippen MR) is 115 cm³/mol. The molecule has 1 amide bonds. The number of ketones is 2. The van der Waals surface area contributed by atoms with E-state index in [0.29, 0.717) is 18.7 Å². The van der Waals surface area contributed by atoms with Crippen LogP contribution in [0.3, 0.4) is 0 Å². The van der Waals surface area contributed by atoms with Gasteiger partial charge in [0, 0.05) is 12.1 Å². The molecule has 0 aromatic heterocycles. The van der Waals surface area contributed by atoms with Crippen LogP contribution in [0.1, 0.15) is 29.3 Å². The number of rotatable bonds is 8. The Morgan fingerprint density at radius 1 is 0.968 bits per heavy atom. The van der Waals surface area contributed by atoms with Gasteiger partial charge in [0.05, 0.1) is 27.4 Å². The van der Waals surface area contributed by atoms with Crippen molar-refractivity contribution in [3.8, 4) is 17.2 Å². The quantitative estimate of drug-likeness (QED) is 0.478. The Bertz CT molecular complexity index is 946. The summed E-state index contributed by atoms with van der Waals surface area (Å²) in [6, 6.07) is 12.2. The average Bonchev–Trinajstić information content (AvgIpc) is 3.21. The zero-order valence-electron chi connectivity index (χ0n) is 18.2. The highest BCUT2D eigenvalue weighted by molar-refractivity contribution is 6.43. The van der Waals surface area contributed by atoms with Crippen LogP contribution in [0, 0.1) is 5.92 Å². The van der Waals surface area contributed by atoms with E-state index in [1.54, 1.807) is 0 Å². The lowest BCUT2D eigenvalue weighted by Gasteiger charge is -2.22. The molecule has 0 saturated carbocycles. The molecular weight excluding hydrogens is 398 g/mol. The molecule has 0 aliphatic carbocycles. The largest absolute Gasteiger partial charge is 0.493 e.